The standard InChI is InChI=1S/C13H21NO3/c1-13(2,14-3)9-7-8-10(15-4)12(17-6)11(9)16-5/h7-8,14H,1-6H3. The Bertz CT molecular complexity index is 388. The molecule has 96 valence electrons. The third kappa shape index (κ3) is 2.47. The first-order valence-corrected chi connectivity index (χ1v) is 5.50. The summed E-state index contributed by atoms with van der Waals surface area (Å²) in [4.78, 5) is 0. The molecule has 1 rings (SSSR count). The number of rotatable bonds is 5. The van der Waals surface area contributed by atoms with E-state index in [0.29, 0.717) is 17.2 Å². The summed E-state index contributed by atoms with van der Waals surface area (Å²) in [7, 11) is 6.76. The van der Waals surface area contributed by atoms with E-state index < -0.39 is 0 Å². The van der Waals surface area contributed by atoms with E-state index in [2.05, 4.69) is 19.2 Å². The Hall–Kier alpha value is -1.42. The predicted octanol–water partition coefficient (Wildman–Crippen LogP) is 2.17. The molecule has 4 nitrogen and oxygen atoms in total. The van der Waals surface area contributed by atoms with Crippen molar-refractivity contribution >= 4 is 0 Å². The molecule has 0 fully saturated rings. The van der Waals surface area contributed by atoms with E-state index in [-0.39, 0.29) is 5.54 Å². The topological polar surface area (TPSA) is 39.7 Å². The van der Waals surface area contributed by atoms with Crippen LogP contribution in [0.15, 0.2) is 12.1 Å². The zero-order chi connectivity index (χ0) is 13.1. The van der Waals surface area contributed by atoms with Crippen LogP contribution in [0.2, 0.25) is 0 Å². The van der Waals surface area contributed by atoms with Crippen LogP contribution in [0.25, 0.3) is 0 Å². The van der Waals surface area contributed by atoms with Gasteiger partial charge in [0.2, 0.25) is 5.75 Å². The fourth-order valence-electron chi connectivity index (χ4n) is 1.73. The molecule has 0 aliphatic heterocycles. The second kappa shape index (κ2) is 5.27. The Morgan fingerprint density at radius 3 is 1.94 bits per heavy atom. The maximum Gasteiger partial charge on any atom is 0.203 e. The molecule has 0 bridgehead atoms. The van der Waals surface area contributed by atoms with Crippen LogP contribution in [0, 0.1) is 0 Å². The molecule has 0 saturated heterocycles. The van der Waals surface area contributed by atoms with Gasteiger partial charge in [-0.3, -0.25) is 0 Å². The van der Waals surface area contributed by atoms with Crippen LogP contribution in [-0.2, 0) is 5.54 Å². The molecule has 0 radical (unpaired) electrons. The molecular formula is C13H21NO3. The van der Waals surface area contributed by atoms with E-state index in [1.807, 2.05) is 19.2 Å². The molecule has 4 heteroatoms. The first kappa shape index (κ1) is 13.6. The second-order valence-electron chi connectivity index (χ2n) is 4.26. The van der Waals surface area contributed by atoms with Crippen molar-refractivity contribution in [3.63, 3.8) is 0 Å². The van der Waals surface area contributed by atoms with Gasteiger partial charge in [-0.25, -0.2) is 0 Å². The van der Waals surface area contributed by atoms with Crippen molar-refractivity contribution in [2.24, 2.45) is 0 Å². The van der Waals surface area contributed by atoms with Crippen LogP contribution < -0.4 is 19.5 Å². The zero-order valence-corrected chi connectivity index (χ0v) is 11.4. The summed E-state index contributed by atoms with van der Waals surface area (Å²) in [5.41, 5.74) is 0.824. The molecule has 0 spiro atoms. The average Bonchev–Trinajstić information content (AvgIpc) is 2.36. The van der Waals surface area contributed by atoms with Crippen molar-refractivity contribution < 1.29 is 14.2 Å². The van der Waals surface area contributed by atoms with Crippen molar-refractivity contribution in [3.8, 4) is 17.2 Å². The summed E-state index contributed by atoms with van der Waals surface area (Å²) >= 11 is 0. The first-order valence-electron chi connectivity index (χ1n) is 5.50. The highest BCUT2D eigenvalue weighted by Gasteiger charge is 2.26. The second-order valence-corrected chi connectivity index (χ2v) is 4.26. The molecule has 0 saturated carbocycles. The highest BCUT2D eigenvalue weighted by Crippen LogP contribution is 2.43. The number of hydrogen-bond donors (Lipinski definition) is 1. The van der Waals surface area contributed by atoms with Crippen molar-refractivity contribution in [1.29, 1.82) is 0 Å². The maximum absolute atomic E-state index is 5.45. The van der Waals surface area contributed by atoms with Crippen molar-refractivity contribution in [2.45, 2.75) is 19.4 Å². The van der Waals surface area contributed by atoms with Crippen LogP contribution in [0.1, 0.15) is 19.4 Å². The van der Waals surface area contributed by atoms with Crippen LogP contribution >= 0.6 is 0 Å². The highest BCUT2D eigenvalue weighted by molar-refractivity contribution is 5.57. The Balaban J connectivity index is 3.43. The fraction of sp³-hybridized carbons (Fsp3) is 0.538. The SMILES string of the molecule is CNC(C)(C)c1ccc(OC)c(OC)c1OC. The van der Waals surface area contributed by atoms with Crippen molar-refractivity contribution in [2.75, 3.05) is 28.4 Å². The van der Waals surface area contributed by atoms with Gasteiger partial charge in [-0.2, -0.15) is 0 Å². The van der Waals surface area contributed by atoms with Crippen LogP contribution in [0.5, 0.6) is 17.2 Å². The molecule has 0 aliphatic rings. The number of ether oxygens (including phenoxy) is 3. The molecule has 0 aliphatic carbocycles. The normalized spacial score (nSPS) is 11.2. The lowest BCUT2D eigenvalue weighted by Crippen LogP contribution is -2.33. The largest absolute Gasteiger partial charge is 0.493 e. The van der Waals surface area contributed by atoms with Crippen LogP contribution in [0.3, 0.4) is 0 Å². The van der Waals surface area contributed by atoms with Gasteiger partial charge in [0, 0.05) is 11.1 Å². The summed E-state index contributed by atoms with van der Waals surface area (Å²) in [6.07, 6.45) is 0. The lowest BCUT2D eigenvalue weighted by atomic mass is 9.93. The summed E-state index contributed by atoms with van der Waals surface area (Å²) in [5, 5.41) is 3.24. The van der Waals surface area contributed by atoms with Crippen molar-refractivity contribution in [1.82, 2.24) is 5.32 Å². The lowest BCUT2D eigenvalue weighted by molar-refractivity contribution is 0.312. The highest BCUT2D eigenvalue weighted by atomic mass is 16.5. The molecular weight excluding hydrogens is 218 g/mol. The third-order valence-electron chi connectivity index (χ3n) is 3.00. The minimum atomic E-state index is -0.203. The molecule has 1 aromatic carbocycles. The van der Waals surface area contributed by atoms with Gasteiger partial charge in [0.05, 0.1) is 21.3 Å². The minimum Gasteiger partial charge on any atom is -0.493 e. The van der Waals surface area contributed by atoms with Gasteiger partial charge in [-0.15, -0.1) is 0 Å². The van der Waals surface area contributed by atoms with E-state index in [4.69, 9.17) is 14.2 Å². The number of benzene rings is 1. The Kier molecular flexibility index (Phi) is 4.23. The van der Waals surface area contributed by atoms with Gasteiger partial charge >= 0.3 is 0 Å². The average molecular weight is 239 g/mol. The van der Waals surface area contributed by atoms with E-state index in [0.717, 1.165) is 5.56 Å². The molecule has 0 atom stereocenters. The quantitative estimate of drug-likeness (QED) is 0.854. The van der Waals surface area contributed by atoms with Gasteiger partial charge in [-0.1, -0.05) is 0 Å². The zero-order valence-electron chi connectivity index (χ0n) is 11.4. The maximum atomic E-state index is 5.45. The lowest BCUT2D eigenvalue weighted by Gasteiger charge is -2.28. The van der Waals surface area contributed by atoms with Crippen LogP contribution in [0.4, 0.5) is 0 Å². The number of nitrogens with one attached hydrogen (secondary N) is 1. The minimum absolute atomic E-state index is 0.203. The van der Waals surface area contributed by atoms with Gasteiger partial charge in [0.25, 0.3) is 0 Å². The summed E-state index contributed by atoms with van der Waals surface area (Å²) in [6.45, 7) is 4.16. The Morgan fingerprint density at radius 2 is 1.53 bits per heavy atom. The van der Waals surface area contributed by atoms with E-state index in [9.17, 15) is 0 Å². The van der Waals surface area contributed by atoms with Gasteiger partial charge in [0.15, 0.2) is 11.5 Å². The summed E-state index contributed by atoms with van der Waals surface area (Å²) in [6, 6.07) is 3.87. The summed E-state index contributed by atoms with van der Waals surface area (Å²) < 4.78 is 16.1. The molecule has 0 aromatic heterocycles. The first-order chi connectivity index (χ1) is 8.01. The van der Waals surface area contributed by atoms with Gasteiger partial charge in [0.1, 0.15) is 0 Å². The van der Waals surface area contributed by atoms with Gasteiger partial charge < -0.3 is 19.5 Å². The van der Waals surface area contributed by atoms with Gasteiger partial charge in [-0.05, 0) is 33.0 Å². The Morgan fingerprint density at radius 1 is 0.941 bits per heavy atom. The number of methoxy groups -OCH3 is 3. The molecule has 1 N–H and O–H groups in total. The molecule has 1 aromatic rings. The van der Waals surface area contributed by atoms with E-state index >= 15 is 0 Å². The smallest absolute Gasteiger partial charge is 0.203 e. The van der Waals surface area contributed by atoms with E-state index in [1.54, 1.807) is 21.3 Å². The van der Waals surface area contributed by atoms with E-state index in [1.165, 1.54) is 0 Å². The fourth-order valence-corrected chi connectivity index (χ4v) is 1.73. The molecule has 0 amide bonds. The summed E-state index contributed by atoms with van der Waals surface area (Å²) in [5.74, 6) is 1.99. The molecule has 0 unspecified atom stereocenters. The predicted molar refractivity (Wildman–Crippen MR) is 68.2 cm³/mol. The molecule has 17 heavy (non-hydrogen) atoms. The van der Waals surface area contributed by atoms with Crippen LogP contribution in [-0.4, -0.2) is 28.4 Å². The monoisotopic (exact) mass is 239 g/mol. The number of hydrogen-bond acceptors (Lipinski definition) is 4. The third-order valence-corrected chi connectivity index (χ3v) is 3.00. The van der Waals surface area contributed by atoms with Crippen molar-refractivity contribution in [3.05, 3.63) is 17.7 Å². The Labute approximate surface area is 103 Å². The molecule has 0 heterocycles.